The molecule has 2 amide bonds. The summed E-state index contributed by atoms with van der Waals surface area (Å²) >= 11 is 0. The smallest absolute Gasteiger partial charge is 0.317 e. The summed E-state index contributed by atoms with van der Waals surface area (Å²) < 4.78 is 10.5. The lowest BCUT2D eigenvalue weighted by atomic mass is 10.2. The summed E-state index contributed by atoms with van der Waals surface area (Å²) in [6.07, 6.45) is 0.0741. The van der Waals surface area contributed by atoms with E-state index in [1.807, 2.05) is 0 Å². The summed E-state index contributed by atoms with van der Waals surface area (Å²) in [5, 5.41) is 6.19. The Bertz CT molecular complexity index is 243. The first-order valence-electron chi connectivity index (χ1n) is 5.68. The highest BCUT2D eigenvalue weighted by Crippen LogP contribution is 2.05. The number of carbonyl (C=O) groups excluding carboxylic acids is 1. The normalized spacial score (nSPS) is 30.4. The van der Waals surface area contributed by atoms with Crippen molar-refractivity contribution in [1.82, 2.24) is 15.5 Å². The van der Waals surface area contributed by atoms with E-state index in [1.165, 1.54) is 0 Å². The van der Waals surface area contributed by atoms with Crippen LogP contribution in [0.2, 0.25) is 0 Å². The second kappa shape index (κ2) is 5.47. The zero-order valence-electron chi connectivity index (χ0n) is 9.57. The minimum absolute atomic E-state index is 0.0148. The van der Waals surface area contributed by atoms with E-state index < -0.39 is 0 Å². The van der Waals surface area contributed by atoms with Gasteiger partial charge in [-0.25, -0.2) is 4.79 Å². The lowest BCUT2D eigenvalue weighted by Gasteiger charge is -2.29. The van der Waals surface area contributed by atoms with E-state index in [4.69, 9.17) is 9.47 Å². The van der Waals surface area contributed by atoms with Crippen molar-refractivity contribution in [3.8, 4) is 0 Å². The molecule has 2 fully saturated rings. The van der Waals surface area contributed by atoms with Gasteiger partial charge in [0.1, 0.15) is 0 Å². The summed E-state index contributed by atoms with van der Waals surface area (Å²) in [5.41, 5.74) is 0. The number of methoxy groups -OCH3 is 1. The van der Waals surface area contributed by atoms with Gasteiger partial charge in [0.25, 0.3) is 0 Å². The van der Waals surface area contributed by atoms with Crippen LogP contribution in [0.1, 0.15) is 0 Å². The van der Waals surface area contributed by atoms with E-state index in [0.717, 1.165) is 13.1 Å². The molecular formula is C10H19N3O3. The van der Waals surface area contributed by atoms with E-state index in [-0.39, 0.29) is 18.2 Å². The second-order valence-electron chi connectivity index (χ2n) is 4.09. The Morgan fingerprint density at radius 2 is 2.19 bits per heavy atom. The number of hydrogen-bond donors (Lipinski definition) is 2. The molecule has 0 aromatic heterocycles. The molecule has 0 radical (unpaired) electrons. The highest BCUT2D eigenvalue weighted by atomic mass is 16.5. The van der Waals surface area contributed by atoms with Gasteiger partial charge in [0, 0.05) is 33.3 Å². The number of amides is 2. The fourth-order valence-electron chi connectivity index (χ4n) is 2.06. The molecule has 16 heavy (non-hydrogen) atoms. The molecule has 2 atom stereocenters. The van der Waals surface area contributed by atoms with Crippen molar-refractivity contribution in [2.45, 2.75) is 12.1 Å². The van der Waals surface area contributed by atoms with E-state index in [2.05, 4.69) is 10.6 Å². The second-order valence-corrected chi connectivity index (χ2v) is 4.09. The molecule has 2 saturated heterocycles. The molecule has 6 nitrogen and oxygen atoms in total. The highest BCUT2D eigenvalue weighted by Gasteiger charge is 2.29. The fraction of sp³-hybridized carbons (Fsp3) is 0.900. The number of urea groups is 1. The number of hydrogen-bond acceptors (Lipinski definition) is 4. The average molecular weight is 229 g/mol. The van der Waals surface area contributed by atoms with Gasteiger partial charge < -0.3 is 25.0 Å². The molecule has 0 spiro atoms. The summed E-state index contributed by atoms with van der Waals surface area (Å²) in [7, 11) is 1.67. The van der Waals surface area contributed by atoms with Crippen LogP contribution in [0, 0.1) is 0 Å². The first kappa shape index (κ1) is 11.6. The van der Waals surface area contributed by atoms with E-state index in [9.17, 15) is 4.79 Å². The number of nitrogens with one attached hydrogen (secondary N) is 2. The van der Waals surface area contributed by atoms with Crippen molar-refractivity contribution in [1.29, 1.82) is 0 Å². The largest absolute Gasteiger partial charge is 0.378 e. The zero-order chi connectivity index (χ0) is 11.4. The van der Waals surface area contributed by atoms with E-state index >= 15 is 0 Å². The Morgan fingerprint density at radius 3 is 2.88 bits per heavy atom. The molecule has 6 heteroatoms. The number of rotatable bonds is 2. The maximum Gasteiger partial charge on any atom is 0.317 e. The Hall–Kier alpha value is -0.850. The summed E-state index contributed by atoms with van der Waals surface area (Å²) in [6.45, 7) is 4.17. The maximum atomic E-state index is 11.9. The van der Waals surface area contributed by atoms with Crippen LogP contribution in [-0.2, 0) is 9.47 Å². The average Bonchev–Trinajstić information content (AvgIpc) is 2.77. The standard InChI is InChI=1S/C10H19N3O3/c1-15-9-7-11-6-8(9)12-10(14)13-2-4-16-5-3-13/h8-9,11H,2-7H2,1H3,(H,12,14)/t8?,9-/m0/s1. The number of nitrogens with zero attached hydrogens (tertiary/aromatic N) is 1. The summed E-state index contributed by atoms with van der Waals surface area (Å²) in [5.74, 6) is 0. The van der Waals surface area contributed by atoms with Crippen LogP contribution in [0.5, 0.6) is 0 Å². The van der Waals surface area contributed by atoms with Crippen LogP contribution >= 0.6 is 0 Å². The minimum atomic E-state index is -0.0148. The predicted molar refractivity (Wildman–Crippen MR) is 58.4 cm³/mol. The van der Waals surface area contributed by atoms with Crippen LogP contribution in [0.15, 0.2) is 0 Å². The Kier molecular flexibility index (Phi) is 3.98. The summed E-state index contributed by atoms with van der Waals surface area (Å²) in [6, 6.07) is 0.0550. The molecule has 2 N–H and O–H groups in total. The molecule has 2 aliphatic rings. The SMILES string of the molecule is CO[C@H]1CNCC1NC(=O)N1CCOCC1. The van der Waals surface area contributed by atoms with E-state index in [1.54, 1.807) is 12.0 Å². The van der Waals surface area contributed by atoms with Gasteiger partial charge in [0.05, 0.1) is 25.4 Å². The van der Waals surface area contributed by atoms with Crippen molar-refractivity contribution < 1.29 is 14.3 Å². The van der Waals surface area contributed by atoms with Gasteiger partial charge in [-0.05, 0) is 0 Å². The van der Waals surface area contributed by atoms with Crippen molar-refractivity contribution >= 4 is 6.03 Å². The monoisotopic (exact) mass is 229 g/mol. The number of ether oxygens (including phenoxy) is 2. The molecule has 2 aliphatic heterocycles. The van der Waals surface area contributed by atoms with E-state index in [0.29, 0.717) is 26.3 Å². The third-order valence-electron chi connectivity index (χ3n) is 3.07. The third-order valence-corrected chi connectivity index (χ3v) is 3.07. The highest BCUT2D eigenvalue weighted by molar-refractivity contribution is 5.74. The Morgan fingerprint density at radius 1 is 1.44 bits per heavy atom. The lowest BCUT2D eigenvalue weighted by molar-refractivity contribution is 0.0492. The predicted octanol–water partition coefficient (Wildman–Crippen LogP) is -0.985. The molecule has 0 aromatic rings. The molecular weight excluding hydrogens is 210 g/mol. The first-order chi connectivity index (χ1) is 7.81. The number of morpholine rings is 1. The van der Waals surface area contributed by atoms with Gasteiger partial charge in [-0.2, -0.15) is 0 Å². The van der Waals surface area contributed by atoms with Crippen molar-refractivity contribution in [2.75, 3.05) is 46.5 Å². The molecule has 1 unspecified atom stereocenters. The van der Waals surface area contributed by atoms with Crippen LogP contribution in [0.25, 0.3) is 0 Å². The zero-order valence-corrected chi connectivity index (χ0v) is 9.57. The van der Waals surface area contributed by atoms with Gasteiger partial charge in [0.15, 0.2) is 0 Å². The van der Waals surface area contributed by atoms with Gasteiger partial charge in [-0.15, -0.1) is 0 Å². The van der Waals surface area contributed by atoms with Crippen molar-refractivity contribution in [3.63, 3.8) is 0 Å². The van der Waals surface area contributed by atoms with Crippen LogP contribution in [-0.4, -0.2) is 69.6 Å². The van der Waals surface area contributed by atoms with Crippen molar-refractivity contribution in [2.24, 2.45) is 0 Å². The van der Waals surface area contributed by atoms with Crippen LogP contribution < -0.4 is 10.6 Å². The van der Waals surface area contributed by atoms with Gasteiger partial charge in [-0.1, -0.05) is 0 Å². The molecule has 0 saturated carbocycles. The Labute approximate surface area is 95.3 Å². The summed E-state index contributed by atoms with van der Waals surface area (Å²) in [4.78, 5) is 13.7. The van der Waals surface area contributed by atoms with Gasteiger partial charge >= 0.3 is 6.03 Å². The van der Waals surface area contributed by atoms with Gasteiger partial charge in [0.2, 0.25) is 0 Å². The topological polar surface area (TPSA) is 62.8 Å². The lowest BCUT2D eigenvalue weighted by Crippen LogP contribution is -2.52. The molecule has 2 rings (SSSR count). The third kappa shape index (κ3) is 2.63. The molecule has 0 bridgehead atoms. The van der Waals surface area contributed by atoms with Crippen LogP contribution in [0.3, 0.4) is 0 Å². The molecule has 2 heterocycles. The number of carbonyl (C=O) groups is 1. The Balaban J connectivity index is 1.81. The van der Waals surface area contributed by atoms with Crippen molar-refractivity contribution in [3.05, 3.63) is 0 Å². The quantitative estimate of drug-likeness (QED) is 0.638. The molecule has 0 aromatic carbocycles. The fourth-order valence-corrected chi connectivity index (χ4v) is 2.06. The maximum absolute atomic E-state index is 11.9. The molecule has 0 aliphatic carbocycles. The van der Waals surface area contributed by atoms with Crippen LogP contribution in [0.4, 0.5) is 4.79 Å². The first-order valence-corrected chi connectivity index (χ1v) is 5.68. The molecule has 92 valence electrons. The minimum Gasteiger partial charge on any atom is -0.378 e. The van der Waals surface area contributed by atoms with Gasteiger partial charge in [-0.3, -0.25) is 0 Å².